The summed E-state index contributed by atoms with van der Waals surface area (Å²) in [5.74, 6) is 0. The van der Waals surface area contributed by atoms with Crippen LogP contribution in [0.25, 0.3) is 43.2 Å². The zero-order chi connectivity index (χ0) is 25.6. The number of hydrogen-bond acceptors (Lipinski definition) is 2. The molecule has 0 spiro atoms. The molecule has 0 radical (unpaired) electrons. The first-order chi connectivity index (χ1) is 18.8. The summed E-state index contributed by atoms with van der Waals surface area (Å²) >= 11 is 0. The summed E-state index contributed by atoms with van der Waals surface area (Å²) in [6.07, 6.45) is 3.67. The minimum absolute atomic E-state index is 0. The van der Waals surface area contributed by atoms with Gasteiger partial charge in [0, 0.05) is 28.6 Å². The second-order valence-electron chi connectivity index (χ2n) is 8.76. The Bertz CT molecular complexity index is 1690. The van der Waals surface area contributed by atoms with E-state index in [-0.39, 0.29) is 21.1 Å². The van der Waals surface area contributed by atoms with Crippen LogP contribution in [-0.4, -0.2) is 9.97 Å². The van der Waals surface area contributed by atoms with Crippen LogP contribution in [0.1, 0.15) is 0 Å². The molecule has 0 unspecified atom stereocenters. The molecule has 0 amide bonds. The molecule has 0 aliphatic rings. The Hall–Kier alpha value is -4.53. The van der Waals surface area contributed by atoms with Crippen LogP contribution < -0.4 is 0 Å². The SMILES string of the molecule is [Pt+2].c1ccc([N-]c2ccccc2[N-]c2ccccc2)cc1.c1cnc2c(c1)ccc1ccc3cccnc3c12. The maximum absolute atomic E-state index is 4.64. The van der Waals surface area contributed by atoms with Crippen LogP contribution in [0, 0.1) is 0 Å². The Kier molecular flexibility index (Phi) is 8.26. The van der Waals surface area contributed by atoms with Crippen molar-refractivity contribution in [2.75, 3.05) is 0 Å². The Balaban J connectivity index is 0.000000155. The molecule has 0 fully saturated rings. The van der Waals surface area contributed by atoms with Gasteiger partial charge in [-0.2, -0.15) is 11.4 Å². The number of fused-ring (bicyclic) bond motifs is 5. The summed E-state index contributed by atoms with van der Waals surface area (Å²) in [5, 5.41) is 13.9. The van der Waals surface area contributed by atoms with Crippen molar-refractivity contribution in [3.8, 4) is 0 Å². The molecule has 0 bridgehead atoms. The standard InChI is InChI=1S/C18H14N2.C16H10N2.Pt/c1-3-9-15(10-4-1)19-17-13-7-8-14-18(17)20-16-11-5-2-6-12-16;1-3-12-7-5-11-6-8-13-4-2-10-18-16(13)14(11)15(12)17-9-1;/h1-14H;1-10H;/q-2;;+2. The van der Waals surface area contributed by atoms with Gasteiger partial charge >= 0.3 is 21.1 Å². The van der Waals surface area contributed by atoms with E-state index in [4.69, 9.17) is 0 Å². The normalized spacial score (nSPS) is 10.4. The minimum Gasteiger partial charge on any atom is -0.659 e. The fraction of sp³-hybridized carbons (Fsp3) is 0. The van der Waals surface area contributed by atoms with Gasteiger partial charge in [-0.1, -0.05) is 121 Å². The van der Waals surface area contributed by atoms with Gasteiger partial charge < -0.3 is 10.6 Å². The van der Waals surface area contributed by atoms with Gasteiger partial charge in [0.05, 0.1) is 11.0 Å². The van der Waals surface area contributed by atoms with Crippen molar-refractivity contribution in [1.82, 2.24) is 9.97 Å². The van der Waals surface area contributed by atoms with Crippen LogP contribution in [0.2, 0.25) is 0 Å². The van der Waals surface area contributed by atoms with Gasteiger partial charge in [-0.3, -0.25) is 9.97 Å². The van der Waals surface area contributed by atoms with Crippen molar-refractivity contribution in [3.63, 3.8) is 0 Å². The van der Waals surface area contributed by atoms with E-state index >= 15 is 0 Å². The van der Waals surface area contributed by atoms with E-state index < -0.39 is 0 Å². The van der Waals surface area contributed by atoms with E-state index in [2.05, 4.69) is 57.0 Å². The Morgan fingerprint density at radius 2 is 0.795 bits per heavy atom. The summed E-state index contributed by atoms with van der Waals surface area (Å²) in [6.45, 7) is 0. The second-order valence-corrected chi connectivity index (χ2v) is 8.76. The van der Waals surface area contributed by atoms with Crippen LogP contribution in [0.4, 0.5) is 22.7 Å². The maximum Gasteiger partial charge on any atom is 2.00 e. The first kappa shape index (κ1) is 26.1. The van der Waals surface area contributed by atoms with Gasteiger partial charge in [0.25, 0.3) is 0 Å². The van der Waals surface area contributed by atoms with Gasteiger partial charge in [0.2, 0.25) is 0 Å². The third-order valence-electron chi connectivity index (χ3n) is 6.22. The molecule has 0 N–H and O–H groups in total. The number of nitrogens with zero attached hydrogens (tertiary/aromatic N) is 4. The predicted octanol–water partition coefficient (Wildman–Crippen LogP) is 10.3. The van der Waals surface area contributed by atoms with Gasteiger partial charge in [-0.15, -0.1) is 11.4 Å². The monoisotopic (exact) mass is 683 g/mol. The fourth-order valence-electron chi connectivity index (χ4n) is 4.43. The van der Waals surface area contributed by atoms with Crippen molar-refractivity contribution in [2.45, 2.75) is 0 Å². The van der Waals surface area contributed by atoms with E-state index in [0.29, 0.717) is 0 Å². The maximum atomic E-state index is 4.64. The van der Waals surface area contributed by atoms with E-state index in [1.165, 1.54) is 5.39 Å². The van der Waals surface area contributed by atoms with Crippen LogP contribution in [-0.2, 0) is 21.1 Å². The predicted molar refractivity (Wildman–Crippen MR) is 159 cm³/mol. The molecule has 0 aliphatic carbocycles. The van der Waals surface area contributed by atoms with E-state index in [0.717, 1.165) is 49.9 Å². The molecule has 5 heteroatoms. The molecular formula is C34H24N4Pt. The number of benzene rings is 5. The Morgan fingerprint density at radius 3 is 1.26 bits per heavy atom. The topological polar surface area (TPSA) is 54.0 Å². The fourth-order valence-corrected chi connectivity index (χ4v) is 4.43. The van der Waals surface area contributed by atoms with Crippen LogP contribution >= 0.6 is 0 Å². The van der Waals surface area contributed by atoms with Crippen molar-refractivity contribution < 1.29 is 21.1 Å². The number of hydrogen-bond donors (Lipinski definition) is 0. The first-order valence-electron chi connectivity index (χ1n) is 12.5. The quantitative estimate of drug-likeness (QED) is 0.174. The number of para-hydroxylation sites is 4. The number of aromatic nitrogens is 2. The molecule has 5 aromatic carbocycles. The van der Waals surface area contributed by atoms with Gasteiger partial charge in [0.15, 0.2) is 0 Å². The summed E-state index contributed by atoms with van der Waals surface area (Å²) < 4.78 is 0. The molecule has 0 saturated carbocycles. The van der Waals surface area contributed by atoms with Crippen LogP contribution in [0.15, 0.2) is 146 Å². The smallest absolute Gasteiger partial charge is 0.659 e. The molecule has 2 heterocycles. The zero-order valence-corrected chi connectivity index (χ0v) is 23.2. The van der Waals surface area contributed by atoms with Gasteiger partial charge in [-0.25, -0.2) is 0 Å². The molecule has 0 saturated heterocycles. The van der Waals surface area contributed by atoms with Crippen molar-refractivity contribution in [3.05, 3.63) is 156 Å². The second kappa shape index (κ2) is 12.3. The third kappa shape index (κ3) is 5.98. The van der Waals surface area contributed by atoms with Crippen LogP contribution in [0.3, 0.4) is 0 Å². The Labute approximate surface area is 242 Å². The third-order valence-corrected chi connectivity index (χ3v) is 6.22. The average molecular weight is 684 g/mol. The molecule has 190 valence electrons. The molecule has 39 heavy (non-hydrogen) atoms. The molecule has 0 aliphatic heterocycles. The van der Waals surface area contributed by atoms with E-state index in [9.17, 15) is 0 Å². The number of rotatable bonds is 4. The molecule has 7 aromatic rings. The van der Waals surface area contributed by atoms with Gasteiger partial charge in [-0.05, 0) is 17.5 Å². The van der Waals surface area contributed by atoms with Crippen molar-refractivity contribution >= 4 is 55.3 Å². The minimum atomic E-state index is 0. The summed E-state index contributed by atoms with van der Waals surface area (Å²) in [6, 6.07) is 44.3. The van der Waals surface area contributed by atoms with Gasteiger partial charge in [0.1, 0.15) is 0 Å². The van der Waals surface area contributed by atoms with E-state index in [1.54, 1.807) is 0 Å². The first-order valence-corrected chi connectivity index (χ1v) is 12.5. The zero-order valence-electron chi connectivity index (χ0n) is 21.0. The molecule has 7 rings (SSSR count). The average Bonchev–Trinajstić information content (AvgIpc) is 2.99. The van der Waals surface area contributed by atoms with Crippen molar-refractivity contribution in [2.24, 2.45) is 0 Å². The summed E-state index contributed by atoms with van der Waals surface area (Å²) in [7, 11) is 0. The largest absolute Gasteiger partial charge is 2.00 e. The molecule has 4 nitrogen and oxygen atoms in total. The van der Waals surface area contributed by atoms with E-state index in [1.807, 2.05) is 109 Å². The summed E-state index contributed by atoms with van der Waals surface area (Å²) in [4.78, 5) is 9.04. The molecule has 2 aromatic heterocycles. The molecule has 0 atom stereocenters. The number of pyridine rings is 2. The van der Waals surface area contributed by atoms with Crippen molar-refractivity contribution in [1.29, 1.82) is 0 Å². The Morgan fingerprint density at radius 1 is 0.385 bits per heavy atom. The molecular weight excluding hydrogens is 659 g/mol. The summed E-state index contributed by atoms with van der Waals surface area (Å²) in [5.41, 5.74) is 5.68. The van der Waals surface area contributed by atoms with Crippen LogP contribution in [0.5, 0.6) is 0 Å².